The molecule has 5 heteroatoms. The molecule has 1 rings (SSSR count). The molecule has 0 radical (unpaired) electrons. The van der Waals surface area contributed by atoms with Crippen LogP contribution in [0.3, 0.4) is 0 Å². The summed E-state index contributed by atoms with van der Waals surface area (Å²) in [6, 6.07) is -0.650. The van der Waals surface area contributed by atoms with Crippen molar-refractivity contribution in [2.75, 3.05) is 13.2 Å². The Labute approximate surface area is 63.2 Å². The maximum atomic E-state index is 12.1. The third-order valence-corrected chi connectivity index (χ3v) is 1.82. The predicted octanol–water partition coefficient (Wildman–Crippen LogP) is 0.0691. The van der Waals surface area contributed by atoms with Crippen molar-refractivity contribution in [3.8, 4) is 0 Å². The van der Waals surface area contributed by atoms with Gasteiger partial charge in [-0.15, -0.1) is 0 Å². The van der Waals surface area contributed by atoms with Crippen molar-refractivity contribution < 1.29 is 19.4 Å². The maximum absolute atomic E-state index is 12.1. The number of amides is 1. The van der Waals surface area contributed by atoms with Gasteiger partial charge in [-0.2, -0.15) is 0 Å². The number of aliphatic hydroxyl groups is 1. The Morgan fingerprint density at radius 3 is 2.73 bits per heavy atom. The molecule has 1 fully saturated rings. The highest BCUT2D eigenvalue weighted by molar-refractivity contribution is 5.66. The molecule has 0 bridgehead atoms. The number of hydrogen-bond acceptors (Lipinski definition) is 2. The Morgan fingerprint density at radius 1 is 1.73 bits per heavy atom. The highest BCUT2D eigenvalue weighted by Crippen LogP contribution is 2.17. The number of hydrogen-bond donors (Lipinski definition) is 2. The summed E-state index contributed by atoms with van der Waals surface area (Å²) in [5, 5.41) is 17.5. The molecule has 11 heavy (non-hydrogen) atoms. The van der Waals surface area contributed by atoms with Crippen LogP contribution < -0.4 is 0 Å². The molecule has 2 atom stereocenters. The van der Waals surface area contributed by atoms with Gasteiger partial charge < -0.3 is 15.1 Å². The second-order valence-electron chi connectivity index (χ2n) is 2.63. The lowest BCUT2D eigenvalue weighted by molar-refractivity contribution is 0.126. The van der Waals surface area contributed by atoms with Crippen LogP contribution in [0.1, 0.15) is 6.42 Å². The largest absolute Gasteiger partial charge is 0.465 e. The van der Waals surface area contributed by atoms with E-state index in [1.165, 1.54) is 0 Å². The Kier molecular flexibility index (Phi) is 2.28. The standard InChI is InChI=1S/C6H10FNO3/c7-2-4-1-5(9)3-8(4)6(10)11/h4-5,9H,1-3H2,(H,10,11)/t4-,5+/m0/s1. The average molecular weight is 163 g/mol. The molecule has 4 nitrogen and oxygen atoms in total. The minimum atomic E-state index is -1.16. The quantitative estimate of drug-likeness (QED) is 0.575. The highest BCUT2D eigenvalue weighted by atomic mass is 19.1. The number of halogens is 1. The maximum Gasteiger partial charge on any atom is 0.407 e. The molecule has 0 aromatic heterocycles. The van der Waals surface area contributed by atoms with Crippen LogP contribution in [0.15, 0.2) is 0 Å². The molecule has 0 saturated carbocycles. The Hall–Kier alpha value is -0.840. The number of β-amino-alcohol motifs (C(OH)–C–C–N with tert-alkyl or cyclic N) is 1. The van der Waals surface area contributed by atoms with E-state index in [2.05, 4.69) is 0 Å². The molecule has 64 valence electrons. The van der Waals surface area contributed by atoms with Gasteiger partial charge in [-0.1, -0.05) is 0 Å². The summed E-state index contributed by atoms with van der Waals surface area (Å²) >= 11 is 0. The summed E-state index contributed by atoms with van der Waals surface area (Å²) in [4.78, 5) is 11.3. The first-order valence-corrected chi connectivity index (χ1v) is 3.38. The molecule has 0 aromatic rings. The van der Waals surface area contributed by atoms with Gasteiger partial charge in [0.2, 0.25) is 0 Å². The first-order valence-electron chi connectivity index (χ1n) is 3.38. The fourth-order valence-corrected chi connectivity index (χ4v) is 1.27. The summed E-state index contributed by atoms with van der Waals surface area (Å²) in [7, 11) is 0. The van der Waals surface area contributed by atoms with Gasteiger partial charge in [0, 0.05) is 0 Å². The molecule has 0 aromatic carbocycles. The summed E-state index contributed by atoms with van der Waals surface area (Å²) in [6.07, 6.45) is -1.65. The van der Waals surface area contributed by atoms with Gasteiger partial charge in [0.05, 0.1) is 18.7 Å². The zero-order valence-electron chi connectivity index (χ0n) is 5.90. The van der Waals surface area contributed by atoms with Gasteiger partial charge >= 0.3 is 6.09 Å². The molecular formula is C6H10FNO3. The van der Waals surface area contributed by atoms with Crippen molar-refractivity contribution in [3.05, 3.63) is 0 Å². The highest BCUT2D eigenvalue weighted by Gasteiger charge is 2.33. The zero-order valence-corrected chi connectivity index (χ0v) is 5.90. The summed E-state index contributed by atoms with van der Waals surface area (Å²) in [5.41, 5.74) is 0. The fourth-order valence-electron chi connectivity index (χ4n) is 1.27. The minimum Gasteiger partial charge on any atom is -0.465 e. The molecule has 0 unspecified atom stereocenters. The number of nitrogens with zero attached hydrogens (tertiary/aromatic N) is 1. The van der Waals surface area contributed by atoms with Gasteiger partial charge in [0.25, 0.3) is 0 Å². The van der Waals surface area contributed by atoms with Crippen LogP contribution in [0.2, 0.25) is 0 Å². The van der Waals surface area contributed by atoms with Gasteiger partial charge in [0.1, 0.15) is 6.67 Å². The van der Waals surface area contributed by atoms with Crippen molar-refractivity contribution in [3.63, 3.8) is 0 Å². The number of rotatable bonds is 1. The summed E-state index contributed by atoms with van der Waals surface area (Å²) in [6.45, 7) is -0.687. The lowest BCUT2D eigenvalue weighted by atomic mass is 10.2. The van der Waals surface area contributed by atoms with Crippen molar-refractivity contribution in [2.45, 2.75) is 18.6 Å². The van der Waals surface area contributed by atoms with Crippen LogP contribution in [0.5, 0.6) is 0 Å². The SMILES string of the molecule is O=C(O)N1C[C@H](O)C[C@H]1CF. The number of aliphatic hydroxyl groups excluding tert-OH is 1. The van der Waals surface area contributed by atoms with E-state index in [1.807, 2.05) is 0 Å². The molecule has 1 heterocycles. The first-order chi connectivity index (χ1) is 5.15. The lowest BCUT2D eigenvalue weighted by Crippen LogP contribution is -2.35. The molecule has 0 spiro atoms. The molecular weight excluding hydrogens is 153 g/mol. The van der Waals surface area contributed by atoms with Crippen molar-refractivity contribution in [1.82, 2.24) is 4.90 Å². The van der Waals surface area contributed by atoms with Crippen LogP contribution in [-0.4, -0.2) is 46.6 Å². The fraction of sp³-hybridized carbons (Fsp3) is 0.833. The molecule has 1 saturated heterocycles. The summed E-state index contributed by atoms with van der Waals surface area (Å²) in [5.74, 6) is 0. The first kappa shape index (κ1) is 8.26. The molecule has 2 N–H and O–H groups in total. The molecule has 1 aliphatic rings. The van der Waals surface area contributed by atoms with E-state index >= 15 is 0 Å². The van der Waals surface area contributed by atoms with Gasteiger partial charge in [-0.05, 0) is 6.42 Å². The van der Waals surface area contributed by atoms with E-state index in [4.69, 9.17) is 10.2 Å². The minimum absolute atomic E-state index is 0.0317. The number of alkyl halides is 1. The number of carboxylic acid groups (broad SMARTS) is 1. The van der Waals surface area contributed by atoms with E-state index in [-0.39, 0.29) is 13.0 Å². The second kappa shape index (κ2) is 3.04. The van der Waals surface area contributed by atoms with E-state index in [9.17, 15) is 9.18 Å². The average Bonchev–Trinajstić information content (AvgIpc) is 2.30. The topological polar surface area (TPSA) is 60.8 Å². The second-order valence-corrected chi connectivity index (χ2v) is 2.63. The van der Waals surface area contributed by atoms with Crippen molar-refractivity contribution in [2.24, 2.45) is 0 Å². The lowest BCUT2D eigenvalue weighted by Gasteiger charge is -2.17. The Morgan fingerprint density at radius 2 is 2.36 bits per heavy atom. The monoisotopic (exact) mass is 163 g/mol. The van der Waals surface area contributed by atoms with E-state index in [0.29, 0.717) is 0 Å². The Bertz CT molecular complexity index is 164. The van der Waals surface area contributed by atoms with Crippen LogP contribution in [-0.2, 0) is 0 Å². The summed E-state index contributed by atoms with van der Waals surface area (Å²) < 4.78 is 12.1. The Balaban J connectivity index is 2.57. The van der Waals surface area contributed by atoms with Crippen LogP contribution in [0.25, 0.3) is 0 Å². The smallest absolute Gasteiger partial charge is 0.407 e. The van der Waals surface area contributed by atoms with Crippen molar-refractivity contribution in [1.29, 1.82) is 0 Å². The molecule has 1 aliphatic heterocycles. The van der Waals surface area contributed by atoms with E-state index in [0.717, 1.165) is 4.90 Å². The predicted molar refractivity (Wildman–Crippen MR) is 35.1 cm³/mol. The van der Waals surface area contributed by atoms with E-state index in [1.54, 1.807) is 0 Å². The van der Waals surface area contributed by atoms with Crippen LogP contribution >= 0.6 is 0 Å². The number of carbonyl (C=O) groups is 1. The molecule has 0 aliphatic carbocycles. The molecule has 1 amide bonds. The van der Waals surface area contributed by atoms with Gasteiger partial charge in [-0.3, -0.25) is 0 Å². The number of likely N-dealkylation sites (tertiary alicyclic amines) is 1. The van der Waals surface area contributed by atoms with Crippen molar-refractivity contribution >= 4 is 6.09 Å². The normalized spacial score (nSPS) is 30.9. The van der Waals surface area contributed by atoms with Gasteiger partial charge in [0.15, 0.2) is 0 Å². The van der Waals surface area contributed by atoms with Gasteiger partial charge in [-0.25, -0.2) is 9.18 Å². The van der Waals surface area contributed by atoms with Crippen LogP contribution in [0, 0.1) is 0 Å². The van der Waals surface area contributed by atoms with E-state index < -0.39 is 24.9 Å². The third-order valence-electron chi connectivity index (χ3n) is 1.82. The zero-order chi connectivity index (χ0) is 8.43. The van der Waals surface area contributed by atoms with Crippen LogP contribution in [0.4, 0.5) is 9.18 Å². The third kappa shape index (κ3) is 1.59.